The summed E-state index contributed by atoms with van der Waals surface area (Å²) in [6, 6.07) is 8.26. The predicted molar refractivity (Wildman–Crippen MR) is 104 cm³/mol. The fourth-order valence-corrected chi connectivity index (χ4v) is 3.00. The van der Waals surface area contributed by atoms with Gasteiger partial charge in [-0.3, -0.25) is 4.99 Å². The van der Waals surface area contributed by atoms with Crippen LogP contribution >= 0.6 is 35.6 Å². The Morgan fingerprint density at radius 3 is 2.68 bits per heavy atom. The maximum atomic E-state index is 6.12. The van der Waals surface area contributed by atoms with E-state index in [9.17, 15) is 0 Å². The van der Waals surface area contributed by atoms with Crippen LogP contribution in [-0.2, 0) is 5.41 Å². The van der Waals surface area contributed by atoms with Gasteiger partial charge in [0.05, 0.1) is 0 Å². The van der Waals surface area contributed by atoms with Crippen molar-refractivity contribution in [3.8, 4) is 0 Å². The molecule has 0 aromatic heterocycles. The SMILES string of the molecule is CN=C(NCCC1CC1)NCC1(c2cccc(Cl)c2)CC1.I. The van der Waals surface area contributed by atoms with Crippen molar-refractivity contribution in [3.63, 3.8) is 0 Å². The van der Waals surface area contributed by atoms with Crippen LogP contribution < -0.4 is 10.6 Å². The minimum Gasteiger partial charge on any atom is -0.356 e. The zero-order valence-corrected chi connectivity index (χ0v) is 16.2. The zero-order chi connectivity index (χ0) is 14.7. The van der Waals surface area contributed by atoms with Gasteiger partial charge in [-0.25, -0.2) is 0 Å². The summed E-state index contributed by atoms with van der Waals surface area (Å²) < 4.78 is 0. The van der Waals surface area contributed by atoms with E-state index in [0.29, 0.717) is 0 Å². The third kappa shape index (κ3) is 4.75. The molecular weight excluding hydrogens is 409 g/mol. The van der Waals surface area contributed by atoms with E-state index in [1.54, 1.807) is 0 Å². The van der Waals surface area contributed by atoms with Gasteiger partial charge < -0.3 is 10.6 Å². The van der Waals surface area contributed by atoms with Crippen LogP contribution in [0.4, 0.5) is 0 Å². The van der Waals surface area contributed by atoms with Crippen LogP contribution in [0.1, 0.15) is 37.7 Å². The van der Waals surface area contributed by atoms with Gasteiger partial charge in [0.15, 0.2) is 5.96 Å². The first-order valence-electron chi connectivity index (χ1n) is 7.92. The molecule has 1 aromatic carbocycles. The lowest BCUT2D eigenvalue weighted by molar-refractivity contribution is 0.634. The van der Waals surface area contributed by atoms with Crippen LogP contribution in [0.2, 0.25) is 5.02 Å². The van der Waals surface area contributed by atoms with E-state index in [4.69, 9.17) is 11.6 Å². The van der Waals surface area contributed by atoms with E-state index in [2.05, 4.69) is 27.8 Å². The molecule has 0 amide bonds. The molecule has 0 unspecified atom stereocenters. The summed E-state index contributed by atoms with van der Waals surface area (Å²) in [4.78, 5) is 4.32. The van der Waals surface area contributed by atoms with Crippen LogP contribution in [0.25, 0.3) is 0 Å². The highest BCUT2D eigenvalue weighted by Gasteiger charge is 2.44. The largest absolute Gasteiger partial charge is 0.356 e. The molecule has 2 saturated carbocycles. The fourth-order valence-electron chi connectivity index (χ4n) is 2.81. The maximum absolute atomic E-state index is 6.12. The molecule has 1 aromatic rings. The van der Waals surface area contributed by atoms with Gasteiger partial charge >= 0.3 is 0 Å². The Kier molecular flexibility index (Phi) is 6.38. The lowest BCUT2D eigenvalue weighted by Gasteiger charge is -2.19. The number of nitrogens with one attached hydrogen (secondary N) is 2. The Hall–Kier alpha value is -0.490. The van der Waals surface area contributed by atoms with Crippen LogP contribution in [0, 0.1) is 5.92 Å². The summed E-state index contributed by atoms with van der Waals surface area (Å²) in [6.07, 6.45) is 6.52. The Morgan fingerprint density at radius 1 is 1.32 bits per heavy atom. The second-order valence-corrected chi connectivity index (χ2v) is 6.81. The van der Waals surface area contributed by atoms with Crippen molar-refractivity contribution in [1.82, 2.24) is 10.6 Å². The number of hydrogen-bond acceptors (Lipinski definition) is 1. The van der Waals surface area contributed by atoms with Crippen molar-refractivity contribution in [2.24, 2.45) is 10.9 Å². The Balaban J connectivity index is 0.00000176. The number of rotatable bonds is 6. The standard InChI is InChI=1S/C17H24ClN3.HI/c1-19-16(20-10-7-13-5-6-13)21-12-17(8-9-17)14-3-2-4-15(18)11-14;/h2-4,11,13H,5-10,12H2,1H3,(H2,19,20,21);1H. The van der Waals surface area contributed by atoms with Crippen molar-refractivity contribution in [1.29, 1.82) is 0 Å². The molecule has 0 aliphatic heterocycles. The number of hydrogen-bond donors (Lipinski definition) is 2. The zero-order valence-electron chi connectivity index (χ0n) is 13.1. The minimum atomic E-state index is 0. The van der Waals surface area contributed by atoms with E-state index in [1.165, 1.54) is 37.7 Å². The molecule has 3 rings (SSSR count). The van der Waals surface area contributed by atoms with E-state index < -0.39 is 0 Å². The van der Waals surface area contributed by atoms with Crippen molar-refractivity contribution < 1.29 is 0 Å². The number of halogens is 2. The van der Waals surface area contributed by atoms with Gasteiger partial charge in [-0.05, 0) is 42.9 Å². The van der Waals surface area contributed by atoms with Crippen molar-refractivity contribution in [3.05, 3.63) is 34.9 Å². The normalized spacial score (nSPS) is 19.3. The lowest BCUT2D eigenvalue weighted by atomic mass is 9.96. The summed E-state index contributed by atoms with van der Waals surface area (Å²) in [5.74, 6) is 1.88. The third-order valence-electron chi connectivity index (χ3n) is 4.65. The fraction of sp³-hybridized carbons (Fsp3) is 0.588. The lowest BCUT2D eigenvalue weighted by Crippen LogP contribution is -2.41. The van der Waals surface area contributed by atoms with E-state index in [1.807, 2.05) is 19.2 Å². The Morgan fingerprint density at radius 2 is 2.09 bits per heavy atom. The maximum Gasteiger partial charge on any atom is 0.191 e. The number of nitrogens with zero attached hydrogens (tertiary/aromatic N) is 1. The van der Waals surface area contributed by atoms with Crippen molar-refractivity contribution in [2.75, 3.05) is 20.1 Å². The molecule has 122 valence electrons. The quantitative estimate of drug-likeness (QED) is 0.405. The van der Waals surface area contributed by atoms with Gasteiger partial charge in [0.25, 0.3) is 0 Å². The second kappa shape index (κ2) is 7.86. The van der Waals surface area contributed by atoms with Crippen LogP contribution in [-0.4, -0.2) is 26.1 Å². The highest BCUT2D eigenvalue weighted by atomic mass is 127. The molecular formula is C17H25ClIN3. The van der Waals surface area contributed by atoms with Crippen molar-refractivity contribution >= 4 is 41.5 Å². The average molecular weight is 434 g/mol. The van der Waals surface area contributed by atoms with Crippen molar-refractivity contribution in [2.45, 2.75) is 37.5 Å². The molecule has 22 heavy (non-hydrogen) atoms. The molecule has 0 saturated heterocycles. The molecule has 2 fully saturated rings. The van der Waals surface area contributed by atoms with Gasteiger partial charge in [0.1, 0.15) is 0 Å². The first-order valence-corrected chi connectivity index (χ1v) is 8.30. The molecule has 5 heteroatoms. The first-order chi connectivity index (χ1) is 10.2. The highest BCUT2D eigenvalue weighted by molar-refractivity contribution is 14.0. The molecule has 0 bridgehead atoms. The van der Waals surface area contributed by atoms with Crippen LogP contribution in [0.5, 0.6) is 0 Å². The molecule has 3 nitrogen and oxygen atoms in total. The van der Waals surface area contributed by atoms with E-state index >= 15 is 0 Å². The molecule has 2 aliphatic rings. The van der Waals surface area contributed by atoms with Gasteiger partial charge in [0.2, 0.25) is 0 Å². The third-order valence-corrected chi connectivity index (χ3v) is 4.89. The second-order valence-electron chi connectivity index (χ2n) is 6.38. The summed E-state index contributed by atoms with van der Waals surface area (Å²) in [7, 11) is 1.84. The van der Waals surface area contributed by atoms with Crippen LogP contribution in [0.15, 0.2) is 29.3 Å². The monoisotopic (exact) mass is 433 g/mol. The van der Waals surface area contributed by atoms with Crippen LogP contribution in [0.3, 0.4) is 0 Å². The number of aliphatic imine (C=N–C) groups is 1. The molecule has 0 atom stereocenters. The summed E-state index contributed by atoms with van der Waals surface area (Å²) in [6.45, 7) is 1.95. The Labute approximate surface area is 155 Å². The number of benzene rings is 1. The highest BCUT2D eigenvalue weighted by Crippen LogP contribution is 2.48. The minimum absolute atomic E-state index is 0. The topological polar surface area (TPSA) is 36.4 Å². The average Bonchev–Trinajstić information content (AvgIpc) is 3.37. The number of guanidine groups is 1. The molecule has 0 spiro atoms. The first kappa shape index (κ1) is 17.9. The van der Waals surface area contributed by atoms with E-state index in [-0.39, 0.29) is 29.4 Å². The molecule has 2 N–H and O–H groups in total. The predicted octanol–water partition coefficient (Wildman–Crippen LogP) is 3.95. The molecule has 0 radical (unpaired) electrons. The van der Waals surface area contributed by atoms with Gasteiger partial charge in [-0.15, -0.1) is 24.0 Å². The smallest absolute Gasteiger partial charge is 0.191 e. The molecule has 2 aliphatic carbocycles. The summed E-state index contributed by atoms with van der Waals surface area (Å²) in [5.41, 5.74) is 1.59. The van der Waals surface area contributed by atoms with Gasteiger partial charge in [-0.2, -0.15) is 0 Å². The Bertz CT molecular complexity index is 524. The summed E-state index contributed by atoms with van der Waals surface area (Å²) >= 11 is 6.12. The van der Waals surface area contributed by atoms with Gasteiger partial charge in [0, 0.05) is 30.6 Å². The summed E-state index contributed by atoms with van der Waals surface area (Å²) in [5, 5.41) is 7.72. The molecule has 0 heterocycles. The van der Waals surface area contributed by atoms with Gasteiger partial charge in [-0.1, -0.05) is 36.6 Å². The van der Waals surface area contributed by atoms with E-state index in [0.717, 1.165) is 30.0 Å².